The van der Waals surface area contributed by atoms with Crippen molar-refractivity contribution >= 4 is 21.6 Å². The van der Waals surface area contributed by atoms with Crippen molar-refractivity contribution in [2.75, 3.05) is 17.1 Å². The fourth-order valence-electron chi connectivity index (χ4n) is 3.86. The zero-order valence-corrected chi connectivity index (χ0v) is 18.3. The van der Waals surface area contributed by atoms with Crippen LogP contribution in [-0.4, -0.2) is 32.7 Å². The van der Waals surface area contributed by atoms with Gasteiger partial charge in [0, 0.05) is 12.0 Å². The Morgan fingerprint density at radius 1 is 1.14 bits per heavy atom. The number of hydrogen-bond donors (Lipinski definition) is 1. The molecule has 1 N–H and O–H groups in total. The molecule has 1 atom stereocenters. The summed E-state index contributed by atoms with van der Waals surface area (Å²) in [4.78, 5) is 12.9. The van der Waals surface area contributed by atoms with Crippen LogP contribution in [0.1, 0.15) is 43.0 Å². The second-order valence-electron chi connectivity index (χ2n) is 8.23. The van der Waals surface area contributed by atoms with Crippen LogP contribution in [0.3, 0.4) is 0 Å². The number of sulfonamides is 1. The molecule has 1 aliphatic heterocycles. The third-order valence-electron chi connectivity index (χ3n) is 5.09. The highest BCUT2D eigenvalue weighted by Crippen LogP contribution is 2.39. The van der Waals surface area contributed by atoms with Gasteiger partial charge in [-0.2, -0.15) is 0 Å². The number of carbonyl (C=O) groups is 1. The molecular formula is C22H28N2O4S. The van der Waals surface area contributed by atoms with E-state index in [-0.39, 0.29) is 18.5 Å². The van der Waals surface area contributed by atoms with Crippen LogP contribution < -0.4 is 14.4 Å². The van der Waals surface area contributed by atoms with Crippen LogP contribution in [0, 0.1) is 13.8 Å². The van der Waals surface area contributed by atoms with E-state index >= 15 is 0 Å². The Bertz CT molecular complexity index is 1010. The van der Waals surface area contributed by atoms with Gasteiger partial charge in [-0.3, -0.25) is 9.10 Å². The van der Waals surface area contributed by atoms with E-state index in [2.05, 4.69) is 5.32 Å². The highest BCUT2D eigenvalue weighted by molar-refractivity contribution is 7.92. The fraction of sp³-hybridized carbons (Fsp3) is 0.409. The van der Waals surface area contributed by atoms with Gasteiger partial charge in [0.1, 0.15) is 17.9 Å². The van der Waals surface area contributed by atoms with E-state index in [1.807, 2.05) is 70.2 Å². The molecular weight excluding hydrogens is 388 g/mol. The Kier molecular flexibility index (Phi) is 5.63. The number of carbonyl (C=O) groups excluding carboxylic acids is 1. The van der Waals surface area contributed by atoms with Crippen LogP contribution in [0.4, 0.5) is 5.69 Å². The number of anilines is 1. The Labute approximate surface area is 172 Å². The summed E-state index contributed by atoms with van der Waals surface area (Å²) in [6.45, 7) is 7.36. The summed E-state index contributed by atoms with van der Waals surface area (Å²) in [6, 6.07) is 12.9. The van der Waals surface area contributed by atoms with Gasteiger partial charge >= 0.3 is 0 Å². The van der Waals surface area contributed by atoms with Crippen molar-refractivity contribution in [1.29, 1.82) is 0 Å². The van der Waals surface area contributed by atoms with Crippen molar-refractivity contribution in [3.63, 3.8) is 0 Å². The number of para-hydroxylation sites is 2. The topological polar surface area (TPSA) is 75.7 Å². The smallest absolute Gasteiger partial charge is 0.241 e. The number of nitrogens with one attached hydrogen (secondary N) is 1. The quantitative estimate of drug-likeness (QED) is 0.810. The molecule has 0 saturated heterocycles. The van der Waals surface area contributed by atoms with E-state index in [0.717, 1.165) is 28.7 Å². The fourth-order valence-corrected chi connectivity index (χ4v) is 4.83. The highest BCUT2D eigenvalue weighted by Gasteiger charge is 2.35. The molecule has 0 unspecified atom stereocenters. The molecule has 6 nitrogen and oxygen atoms in total. The first-order valence-corrected chi connectivity index (χ1v) is 11.4. The maximum Gasteiger partial charge on any atom is 0.241 e. The van der Waals surface area contributed by atoms with Crippen molar-refractivity contribution in [2.24, 2.45) is 0 Å². The first-order valence-electron chi connectivity index (χ1n) is 9.59. The molecule has 0 spiro atoms. The van der Waals surface area contributed by atoms with E-state index in [1.54, 1.807) is 0 Å². The van der Waals surface area contributed by atoms with Crippen LogP contribution in [0.15, 0.2) is 42.5 Å². The first-order chi connectivity index (χ1) is 13.5. The third-order valence-corrected chi connectivity index (χ3v) is 6.20. The minimum Gasteiger partial charge on any atom is -0.487 e. The van der Waals surface area contributed by atoms with Crippen LogP contribution in [0.5, 0.6) is 5.75 Å². The third kappa shape index (κ3) is 4.72. The number of rotatable bonds is 5. The number of hydrogen-bond acceptors (Lipinski definition) is 4. The number of fused-ring (bicyclic) bond motifs is 1. The predicted molar refractivity (Wildman–Crippen MR) is 115 cm³/mol. The monoisotopic (exact) mass is 416 g/mol. The van der Waals surface area contributed by atoms with Crippen molar-refractivity contribution < 1.29 is 17.9 Å². The number of aryl methyl sites for hydroxylation is 2. The lowest BCUT2D eigenvalue weighted by molar-refractivity contribution is -0.120. The number of ether oxygens (including phenoxy) is 1. The molecule has 0 radical (unpaired) electrons. The van der Waals surface area contributed by atoms with E-state index in [1.165, 1.54) is 4.31 Å². The van der Waals surface area contributed by atoms with E-state index in [4.69, 9.17) is 4.74 Å². The number of benzene rings is 2. The molecule has 0 aliphatic carbocycles. The van der Waals surface area contributed by atoms with Crippen molar-refractivity contribution in [1.82, 2.24) is 5.32 Å². The molecule has 156 valence electrons. The largest absolute Gasteiger partial charge is 0.487 e. The van der Waals surface area contributed by atoms with Crippen LogP contribution in [0.2, 0.25) is 0 Å². The molecule has 1 heterocycles. The molecule has 0 fully saturated rings. The van der Waals surface area contributed by atoms with Crippen molar-refractivity contribution in [3.8, 4) is 5.75 Å². The lowest BCUT2D eigenvalue weighted by Crippen LogP contribution is -2.45. The van der Waals surface area contributed by atoms with Crippen molar-refractivity contribution in [3.05, 3.63) is 59.2 Å². The molecule has 2 aromatic carbocycles. The van der Waals surface area contributed by atoms with Gasteiger partial charge in [0.25, 0.3) is 0 Å². The average Bonchev–Trinajstić information content (AvgIpc) is 2.59. The van der Waals surface area contributed by atoms with E-state index < -0.39 is 15.6 Å². The summed E-state index contributed by atoms with van der Waals surface area (Å²) in [5, 5.41) is 3.02. The Morgan fingerprint density at radius 3 is 2.38 bits per heavy atom. The van der Waals surface area contributed by atoms with Crippen LogP contribution in [0.25, 0.3) is 0 Å². The van der Waals surface area contributed by atoms with Gasteiger partial charge in [-0.05, 0) is 44.9 Å². The summed E-state index contributed by atoms with van der Waals surface area (Å²) in [7, 11) is -3.63. The predicted octanol–water partition coefficient (Wildman–Crippen LogP) is 3.49. The van der Waals surface area contributed by atoms with Gasteiger partial charge in [0.2, 0.25) is 15.9 Å². The standard InChI is InChI=1S/C22H28N2O4S/c1-15-9-8-10-16(2)21(15)24(29(5,26)27)14-20(25)23-18-13-22(3,4)28-19-12-7-6-11-17(18)19/h6-12,18H,13-14H2,1-5H3,(H,23,25)/t18-/m1/s1. The van der Waals surface area contributed by atoms with Crippen LogP contribution in [-0.2, 0) is 14.8 Å². The maximum absolute atomic E-state index is 12.9. The minimum absolute atomic E-state index is 0.248. The van der Waals surface area contributed by atoms with Gasteiger partial charge in [-0.15, -0.1) is 0 Å². The Hall–Kier alpha value is -2.54. The summed E-state index contributed by atoms with van der Waals surface area (Å²) in [5.41, 5.74) is 2.63. The zero-order valence-electron chi connectivity index (χ0n) is 17.5. The number of nitrogens with zero attached hydrogens (tertiary/aromatic N) is 1. The normalized spacial score (nSPS) is 17.8. The van der Waals surface area contributed by atoms with Gasteiger partial charge in [0.05, 0.1) is 18.0 Å². The SMILES string of the molecule is Cc1cccc(C)c1N(CC(=O)N[C@@H]1CC(C)(C)Oc2ccccc21)S(C)(=O)=O. The maximum atomic E-state index is 12.9. The molecule has 0 aromatic heterocycles. The molecule has 1 aliphatic rings. The Morgan fingerprint density at radius 2 is 1.76 bits per heavy atom. The molecule has 0 saturated carbocycles. The summed E-state index contributed by atoms with van der Waals surface area (Å²) < 4.78 is 32.2. The summed E-state index contributed by atoms with van der Waals surface area (Å²) >= 11 is 0. The lowest BCUT2D eigenvalue weighted by atomic mass is 9.89. The Balaban J connectivity index is 1.87. The molecule has 1 amide bonds. The highest BCUT2D eigenvalue weighted by atomic mass is 32.2. The van der Waals surface area contributed by atoms with Gasteiger partial charge in [-0.25, -0.2) is 8.42 Å². The van der Waals surface area contributed by atoms with E-state index in [0.29, 0.717) is 12.1 Å². The average molecular weight is 417 g/mol. The summed E-state index contributed by atoms with van der Waals surface area (Å²) in [6.07, 6.45) is 1.72. The second kappa shape index (κ2) is 7.71. The molecule has 0 bridgehead atoms. The lowest BCUT2D eigenvalue weighted by Gasteiger charge is -2.38. The molecule has 2 aromatic rings. The van der Waals surface area contributed by atoms with Gasteiger partial charge < -0.3 is 10.1 Å². The van der Waals surface area contributed by atoms with Gasteiger partial charge in [-0.1, -0.05) is 36.4 Å². The first kappa shape index (κ1) is 21.2. The molecule has 3 rings (SSSR count). The molecule has 29 heavy (non-hydrogen) atoms. The molecule has 7 heteroatoms. The van der Waals surface area contributed by atoms with Gasteiger partial charge in [0.15, 0.2) is 0 Å². The van der Waals surface area contributed by atoms with Crippen LogP contribution >= 0.6 is 0 Å². The zero-order chi connectivity index (χ0) is 21.4. The van der Waals surface area contributed by atoms with Crippen molar-refractivity contribution in [2.45, 2.75) is 45.8 Å². The second-order valence-corrected chi connectivity index (χ2v) is 10.1. The number of amides is 1. The summed E-state index contributed by atoms with van der Waals surface area (Å²) in [5.74, 6) is 0.388. The van der Waals surface area contributed by atoms with E-state index in [9.17, 15) is 13.2 Å². The minimum atomic E-state index is -3.63.